The van der Waals surface area contributed by atoms with Gasteiger partial charge in [-0.3, -0.25) is 0 Å². The minimum Gasteiger partial charge on any atom is -0.386 e. The van der Waals surface area contributed by atoms with Gasteiger partial charge in [0.15, 0.2) is 0 Å². The van der Waals surface area contributed by atoms with E-state index in [1.807, 2.05) is 26.0 Å². The molecule has 0 aliphatic rings. The van der Waals surface area contributed by atoms with E-state index >= 15 is 0 Å². The van der Waals surface area contributed by atoms with Gasteiger partial charge in [0.2, 0.25) is 0 Å². The summed E-state index contributed by atoms with van der Waals surface area (Å²) < 4.78 is 0. The highest BCUT2D eigenvalue weighted by Crippen LogP contribution is 2.20. The van der Waals surface area contributed by atoms with Crippen molar-refractivity contribution in [3.8, 4) is 0 Å². The van der Waals surface area contributed by atoms with Crippen molar-refractivity contribution in [1.29, 1.82) is 0 Å². The van der Waals surface area contributed by atoms with Crippen LogP contribution in [0.2, 0.25) is 0 Å². The molecule has 1 rings (SSSR count). The third-order valence-corrected chi connectivity index (χ3v) is 2.94. The predicted octanol–water partition coefficient (Wildman–Crippen LogP) is 3.50. The molecule has 1 unspecified atom stereocenters. The van der Waals surface area contributed by atoms with E-state index in [2.05, 4.69) is 26.0 Å². The van der Waals surface area contributed by atoms with Crippen molar-refractivity contribution in [2.24, 2.45) is 5.92 Å². The molecule has 1 nitrogen and oxygen atoms in total. The summed E-state index contributed by atoms with van der Waals surface area (Å²) in [6, 6.07) is 8.30. The highest BCUT2D eigenvalue weighted by Gasteiger charge is 2.15. The Bertz CT molecular complexity index is 292. The zero-order valence-electron chi connectivity index (χ0n) is 10.2. The van der Waals surface area contributed by atoms with Crippen LogP contribution >= 0.6 is 0 Å². The van der Waals surface area contributed by atoms with Crippen LogP contribution in [-0.4, -0.2) is 5.11 Å². The largest absolute Gasteiger partial charge is 0.386 e. The van der Waals surface area contributed by atoms with Crippen molar-refractivity contribution in [3.63, 3.8) is 0 Å². The summed E-state index contributed by atoms with van der Waals surface area (Å²) in [5.74, 6) is 0.734. The highest BCUT2D eigenvalue weighted by molar-refractivity contribution is 5.26. The normalized spacial score (nSPS) is 13.9. The molecular weight excluding hydrogens is 184 g/mol. The zero-order chi connectivity index (χ0) is 11.5. The van der Waals surface area contributed by atoms with E-state index in [0.29, 0.717) is 0 Å². The van der Waals surface area contributed by atoms with Crippen molar-refractivity contribution < 1.29 is 5.11 Å². The van der Waals surface area contributed by atoms with Crippen molar-refractivity contribution >= 4 is 0 Å². The van der Waals surface area contributed by atoms with E-state index in [1.165, 1.54) is 12.0 Å². The first-order valence-electron chi connectivity index (χ1n) is 5.75. The Balaban J connectivity index is 2.73. The van der Waals surface area contributed by atoms with E-state index in [-0.39, 0.29) is 0 Å². The van der Waals surface area contributed by atoms with Gasteiger partial charge in [-0.15, -0.1) is 0 Å². The van der Waals surface area contributed by atoms with E-state index in [9.17, 15) is 5.11 Å². The summed E-state index contributed by atoms with van der Waals surface area (Å²) in [5, 5.41) is 9.81. The summed E-state index contributed by atoms with van der Waals surface area (Å²) in [5.41, 5.74) is 1.61. The first kappa shape index (κ1) is 12.3. The fourth-order valence-corrected chi connectivity index (χ4v) is 1.60. The van der Waals surface area contributed by atoms with Gasteiger partial charge in [-0.2, -0.15) is 0 Å². The maximum Gasteiger partial charge on any atom is 0.0840 e. The highest BCUT2D eigenvalue weighted by atomic mass is 16.3. The van der Waals surface area contributed by atoms with Crippen LogP contribution in [0.4, 0.5) is 0 Å². The molecule has 0 amide bonds. The molecule has 0 aliphatic heterocycles. The van der Waals surface area contributed by atoms with Crippen LogP contribution in [-0.2, 0) is 12.0 Å². The lowest BCUT2D eigenvalue weighted by Crippen LogP contribution is -2.15. The number of hydrogen-bond donors (Lipinski definition) is 1. The molecule has 1 heteroatoms. The summed E-state index contributed by atoms with van der Waals surface area (Å²) in [7, 11) is 0. The molecule has 1 aromatic rings. The molecule has 0 fully saturated rings. The molecule has 1 N–H and O–H groups in total. The number of benzene rings is 1. The summed E-state index contributed by atoms with van der Waals surface area (Å²) >= 11 is 0. The molecule has 0 saturated heterocycles. The minimum absolute atomic E-state index is 0.727. The quantitative estimate of drug-likeness (QED) is 0.799. The maximum atomic E-state index is 9.81. The topological polar surface area (TPSA) is 20.2 Å². The van der Waals surface area contributed by atoms with Gasteiger partial charge < -0.3 is 5.11 Å². The fraction of sp³-hybridized carbons (Fsp3) is 0.571. The van der Waals surface area contributed by atoms with Gasteiger partial charge in [-0.1, -0.05) is 44.5 Å². The Morgan fingerprint density at radius 3 is 2.13 bits per heavy atom. The van der Waals surface area contributed by atoms with Crippen molar-refractivity contribution in [2.45, 2.75) is 46.1 Å². The summed E-state index contributed by atoms with van der Waals surface area (Å²) in [4.78, 5) is 0. The first-order valence-corrected chi connectivity index (χ1v) is 5.75. The molecule has 84 valence electrons. The van der Waals surface area contributed by atoms with Gasteiger partial charge in [0.05, 0.1) is 5.60 Å². The SMILES string of the molecule is CCC(C)Cc1ccc(C(C)(C)O)cc1. The average molecular weight is 206 g/mol. The number of aliphatic hydroxyl groups is 1. The summed E-state index contributed by atoms with van der Waals surface area (Å²) in [6.07, 6.45) is 2.34. The van der Waals surface area contributed by atoms with Crippen molar-refractivity contribution in [2.75, 3.05) is 0 Å². The maximum absolute atomic E-state index is 9.81. The van der Waals surface area contributed by atoms with E-state index < -0.39 is 5.60 Å². The molecule has 1 aromatic carbocycles. The third kappa shape index (κ3) is 3.67. The Morgan fingerprint density at radius 2 is 1.73 bits per heavy atom. The second kappa shape index (κ2) is 4.80. The number of rotatable bonds is 4. The predicted molar refractivity (Wildman–Crippen MR) is 64.8 cm³/mol. The molecule has 15 heavy (non-hydrogen) atoms. The molecule has 0 aromatic heterocycles. The van der Waals surface area contributed by atoms with Gasteiger partial charge in [-0.05, 0) is 37.3 Å². The Morgan fingerprint density at radius 1 is 1.20 bits per heavy atom. The molecule has 1 atom stereocenters. The monoisotopic (exact) mass is 206 g/mol. The Labute approximate surface area is 93.1 Å². The summed E-state index contributed by atoms with van der Waals surface area (Å²) in [6.45, 7) is 8.12. The van der Waals surface area contributed by atoms with Crippen LogP contribution in [0.3, 0.4) is 0 Å². The van der Waals surface area contributed by atoms with Crippen LogP contribution in [0.1, 0.15) is 45.2 Å². The third-order valence-electron chi connectivity index (χ3n) is 2.94. The Kier molecular flexibility index (Phi) is 3.92. The van der Waals surface area contributed by atoms with E-state index in [1.54, 1.807) is 0 Å². The first-order chi connectivity index (χ1) is 6.93. The van der Waals surface area contributed by atoms with E-state index in [0.717, 1.165) is 17.9 Å². The average Bonchev–Trinajstić information content (AvgIpc) is 2.17. The van der Waals surface area contributed by atoms with Crippen LogP contribution in [0.25, 0.3) is 0 Å². The fourth-order valence-electron chi connectivity index (χ4n) is 1.60. The lowest BCUT2D eigenvalue weighted by atomic mass is 9.94. The molecule has 0 bridgehead atoms. The second-order valence-electron chi connectivity index (χ2n) is 4.97. The van der Waals surface area contributed by atoms with Crippen LogP contribution < -0.4 is 0 Å². The van der Waals surface area contributed by atoms with Crippen LogP contribution in [0, 0.1) is 5.92 Å². The van der Waals surface area contributed by atoms with Gasteiger partial charge in [0.25, 0.3) is 0 Å². The molecule has 0 heterocycles. The molecule has 0 spiro atoms. The lowest BCUT2D eigenvalue weighted by molar-refractivity contribution is 0.0786. The van der Waals surface area contributed by atoms with Crippen molar-refractivity contribution in [1.82, 2.24) is 0 Å². The standard InChI is InChI=1S/C14H22O/c1-5-11(2)10-12-6-8-13(9-7-12)14(3,4)15/h6-9,11,15H,5,10H2,1-4H3. The van der Waals surface area contributed by atoms with Gasteiger partial charge >= 0.3 is 0 Å². The molecule has 0 saturated carbocycles. The molecule has 0 aliphatic carbocycles. The van der Waals surface area contributed by atoms with Gasteiger partial charge in [0, 0.05) is 0 Å². The second-order valence-corrected chi connectivity index (χ2v) is 4.97. The van der Waals surface area contributed by atoms with Gasteiger partial charge in [-0.25, -0.2) is 0 Å². The van der Waals surface area contributed by atoms with Crippen LogP contribution in [0.15, 0.2) is 24.3 Å². The zero-order valence-corrected chi connectivity index (χ0v) is 10.2. The molecular formula is C14H22O. The minimum atomic E-state index is -0.727. The van der Waals surface area contributed by atoms with Gasteiger partial charge in [0.1, 0.15) is 0 Å². The van der Waals surface area contributed by atoms with E-state index in [4.69, 9.17) is 0 Å². The van der Waals surface area contributed by atoms with Crippen LogP contribution in [0.5, 0.6) is 0 Å². The molecule has 0 radical (unpaired) electrons. The van der Waals surface area contributed by atoms with Crippen molar-refractivity contribution in [3.05, 3.63) is 35.4 Å². The smallest absolute Gasteiger partial charge is 0.0840 e. The number of hydrogen-bond acceptors (Lipinski definition) is 1. The lowest BCUT2D eigenvalue weighted by Gasteiger charge is -2.18. The Hall–Kier alpha value is -0.820.